The molecule has 118 valence electrons. The van der Waals surface area contributed by atoms with Crippen LogP contribution >= 0.6 is 23.1 Å². The van der Waals surface area contributed by atoms with E-state index in [-0.39, 0.29) is 17.6 Å². The standard InChI is InChI=1S/C14H17N3O3S2/c1-8-6-10-13(21-8)16-7-17-14(10)22-9(2)12(20)15-5-3-4-11(18)19/h6-7,9H,3-5H2,1-2H3,(H,15,20)(H,18,19). The summed E-state index contributed by atoms with van der Waals surface area (Å²) in [5, 5.41) is 12.8. The summed E-state index contributed by atoms with van der Waals surface area (Å²) in [5.41, 5.74) is 0. The molecule has 6 nitrogen and oxygen atoms in total. The molecule has 0 aliphatic rings. The molecule has 8 heteroatoms. The van der Waals surface area contributed by atoms with Crippen molar-refractivity contribution in [1.82, 2.24) is 15.3 Å². The number of nitrogens with zero attached hydrogens (tertiary/aromatic N) is 2. The molecule has 1 unspecified atom stereocenters. The molecule has 2 heterocycles. The number of carbonyl (C=O) groups excluding carboxylic acids is 1. The average molecular weight is 339 g/mol. The molecule has 0 aromatic carbocycles. The zero-order chi connectivity index (χ0) is 16.1. The zero-order valence-electron chi connectivity index (χ0n) is 12.3. The van der Waals surface area contributed by atoms with Gasteiger partial charge in [-0.25, -0.2) is 9.97 Å². The number of hydrogen-bond acceptors (Lipinski definition) is 6. The Morgan fingerprint density at radius 2 is 2.23 bits per heavy atom. The molecule has 0 saturated carbocycles. The summed E-state index contributed by atoms with van der Waals surface area (Å²) in [4.78, 5) is 33.0. The van der Waals surface area contributed by atoms with Crippen LogP contribution in [-0.4, -0.2) is 38.7 Å². The van der Waals surface area contributed by atoms with E-state index < -0.39 is 5.97 Å². The number of aryl methyl sites for hydroxylation is 1. The van der Waals surface area contributed by atoms with Crippen molar-refractivity contribution in [3.8, 4) is 0 Å². The topological polar surface area (TPSA) is 92.2 Å². The number of thiophene rings is 1. The number of hydrogen-bond donors (Lipinski definition) is 2. The summed E-state index contributed by atoms with van der Waals surface area (Å²) in [6.45, 7) is 4.19. The molecule has 2 rings (SSSR count). The average Bonchev–Trinajstić information content (AvgIpc) is 2.84. The van der Waals surface area contributed by atoms with Gasteiger partial charge in [0.05, 0.1) is 5.25 Å². The maximum atomic E-state index is 12.0. The molecule has 2 aromatic heterocycles. The third kappa shape index (κ3) is 4.41. The molecule has 2 N–H and O–H groups in total. The van der Waals surface area contributed by atoms with E-state index in [4.69, 9.17) is 5.11 Å². The van der Waals surface area contributed by atoms with Crippen LogP contribution in [0.5, 0.6) is 0 Å². The Hall–Kier alpha value is -1.67. The summed E-state index contributed by atoms with van der Waals surface area (Å²) in [7, 11) is 0. The molecule has 0 fully saturated rings. The predicted octanol–water partition coefficient (Wildman–Crippen LogP) is 2.46. The number of carbonyl (C=O) groups is 2. The first kappa shape index (κ1) is 16.7. The van der Waals surface area contributed by atoms with E-state index in [9.17, 15) is 9.59 Å². The van der Waals surface area contributed by atoms with Crippen LogP contribution in [0.25, 0.3) is 10.2 Å². The quantitative estimate of drug-likeness (QED) is 0.457. The fourth-order valence-electron chi connectivity index (χ4n) is 1.86. The lowest BCUT2D eigenvalue weighted by atomic mass is 10.3. The molecule has 0 radical (unpaired) electrons. The molecule has 1 atom stereocenters. The van der Waals surface area contributed by atoms with Crippen LogP contribution in [0.2, 0.25) is 0 Å². The zero-order valence-corrected chi connectivity index (χ0v) is 14.0. The van der Waals surface area contributed by atoms with Crippen molar-refractivity contribution in [2.75, 3.05) is 6.54 Å². The number of thioether (sulfide) groups is 1. The molecule has 0 bridgehead atoms. The van der Waals surface area contributed by atoms with E-state index in [0.717, 1.165) is 20.1 Å². The van der Waals surface area contributed by atoms with Crippen molar-refractivity contribution in [1.29, 1.82) is 0 Å². The highest BCUT2D eigenvalue weighted by molar-refractivity contribution is 8.00. The lowest BCUT2D eigenvalue weighted by Crippen LogP contribution is -2.31. The van der Waals surface area contributed by atoms with Crippen molar-refractivity contribution in [3.05, 3.63) is 17.3 Å². The maximum Gasteiger partial charge on any atom is 0.303 e. The number of carboxylic acid groups (broad SMARTS) is 1. The Kier molecular flexibility index (Phi) is 5.73. The lowest BCUT2D eigenvalue weighted by molar-refractivity contribution is -0.137. The molecule has 22 heavy (non-hydrogen) atoms. The highest BCUT2D eigenvalue weighted by atomic mass is 32.2. The van der Waals surface area contributed by atoms with Crippen LogP contribution in [-0.2, 0) is 9.59 Å². The van der Waals surface area contributed by atoms with E-state index in [0.29, 0.717) is 13.0 Å². The normalized spacial score (nSPS) is 12.3. The van der Waals surface area contributed by atoms with Gasteiger partial charge in [0.2, 0.25) is 5.91 Å². The molecule has 1 amide bonds. The van der Waals surface area contributed by atoms with Gasteiger partial charge in [-0.3, -0.25) is 9.59 Å². The molecule has 0 aliphatic carbocycles. The molecular formula is C14H17N3O3S2. The maximum absolute atomic E-state index is 12.0. The molecule has 0 saturated heterocycles. The van der Waals surface area contributed by atoms with E-state index in [1.807, 2.05) is 19.9 Å². The van der Waals surface area contributed by atoms with Crippen molar-refractivity contribution >= 4 is 45.2 Å². The summed E-state index contributed by atoms with van der Waals surface area (Å²) in [5.74, 6) is -0.970. The third-order valence-corrected chi connectivity index (χ3v) is 5.02. The van der Waals surface area contributed by atoms with Gasteiger partial charge in [0.1, 0.15) is 16.2 Å². The van der Waals surface area contributed by atoms with Gasteiger partial charge < -0.3 is 10.4 Å². The van der Waals surface area contributed by atoms with Crippen LogP contribution in [0.15, 0.2) is 17.4 Å². The minimum Gasteiger partial charge on any atom is -0.481 e. The van der Waals surface area contributed by atoms with Gasteiger partial charge in [0.25, 0.3) is 0 Å². The van der Waals surface area contributed by atoms with Crippen molar-refractivity contribution in [2.45, 2.75) is 37.0 Å². The molecule has 2 aromatic rings. The van der Waals surface area contributed by atoms with Crippen LogP contribution in [0.3, 0.4) is 0 Å². The summed E-state index contributed by atoms with van der Waals surface area (Å²) in [6, 6.07) is 2.03. The fraction of sp³-hybridized carbons (Fsp3) is 0.429. The SMILES string of the molecule is Cc1cc2c(SC(C)C(=O)NCCCC(=O)O)ncnc2s1. The van der Waals surface area contributed by atoms with Crippen LogP contribution < -0.4 is 5.32 Å². The summed E-state index contributed by atoms with van der Waals surface area (Å²) >= 11 is 2.99. The van der Waals surface area contributed by atoms with Gasteiger partial charge in [-0.2, -0.15) is 0 Å². The Balaban J connectivity index is 1.94. The van der Waals surface area contributed by atoms with Crippen LogP contribution in [0, 0.1) is 6.92 Å². The minimum atomic E-state index is -0.854. The van der Waals surface area contributed by atoms with Crippen molar-refractivity contribution in [3.63, 3.8) is 0 Å². The molecule has 0 spiro atoms. The van der Waals surface area contributed by atoms with E-state index in [2.05, 4.69) is 15.3 Å². The first-order valence-corrected chi connectivity index (χ1v) is 8.54. The van der Waals surface area contributed by atoms with E-state index >= 15 is 0 Å². The minimum absolute atomic E-state index is 0.0581. The van der Waals surface area contributed by atoms with E-state index in [1.54, 1.807) is 11.3 Å². The van der Waals surface area contributed by atoms with Crippen molar-refractivity contribution < 1.29 is 14.7 Å². The summed E-state index contributed by atoms with van der Waals surface area (Å²) < 4.78 is 0. The van der Waals surface area contributed by atoms with Gasteiger partial charge in [0, 0.05) is 23.2 Å². The van der Waals surface area contributed by atoms with Gasteiger partial charge in [-0.15, -0.1) is 11.3 Å². The lowest BCUT2D eigenvalue weighted by Gasteiger charge is -2.11. The first-order valence-electron chi connectivity index (χ1n) is 6.84. The van der Waals surface area contributed by atoms with Gasteiger partial charge in [-0.1, -0.05) is 11.8 Å². The number of aromatic nitrogens is 2. The third-order valence-electron chi connectivity index (χ3n) is 2.94. The number of fused-ring (bicyclic) bond motifs is 1. The predicted molar refractivity (Wildman–Crippen MR) is 87.4 cm³/mol. The Morgan fingerprint density at radius 3 is 2.95 bits per heavy atom. The van der Waals surface area contributed by atoms with Gasteiger partial charge >= 0.3 is 5.97 Å². The molecule has 0 aliphatic heterocycles. The number of aliphatic carboxylic acids is 1. The Bertz CT molecular complexity index is 687. The smallest absolute Gasteiger partial charge is 0.303 e. The highest BCUT2D eigenvalue weighted by Crippen LogP contribution is 2.32. The highest BCUT2D eigenvalue weighted by Gasteiger charge is 2.17. The Labute approximate surface area is 136 Å². The number of carboxylic acids is 1. The largest absolute Gasteiger partial charge is 0.481 e. The number of nitrogens with one attached hydrogen (secondary N) is 1. The Morgan fingerprint density at radius 1 is 1.45 bits per heavy atom. The second-order valence-electron chi connectivity index (χ2n) is 4.80. The van der Waals surface area contributed by atoms with Gasteiger partial charge in [-0.05, 0) is 26.3 Å². The monoisotopic (exact) mass is 339 g/mol. The number of rotatable bonds is 7. The van der Waals surface area contributed by atoms with Crippen LogP contribution in [0.1, 0.15) is 24.6 Å². The van der Waals surface area contributed by atoms with E-state index in [1.165, 1.54) is 18.1 Å². The summed E-state index contributed by atoms with van der Waals surface area (Å²) in [6.07, 6.45) is 2.00. The fourth-order valence-corrected chi connectivity index (χ4v) is 3.69. The second kappa shape index (κ2) is 7.55. The first-order chi connectivity index (χ1) is 10.5. The van der Waals surface area contributed by atoms with Gasteiger partial charge in [0.15, 0.2) is 0 Å². The van der Waals surface area contributed by atoms with Crippen molar-refractivity contribution in [2.24, 2.45) is 0 Å². The molecular weight excluding hydrogens is 322 g/mol. The second-order valence-corrected chi connectivity index (χ2v) is 7.37. The van der Waals surface area contributed by atoms with Crippen LogP contribution in [0.4, 0.5) is 0 Å². The number of amides is 1.